The normalized spacial score (nSPS) is 11.4. The van der Waals surface area contributed by atoms with Crippen molar-refractivity contribution in [3.8, 4) is 0 Å². The molecule has 85 valence electrons. The van der Waals surface area contributed by atoms with E-state index in [1.54, 1.807) is 27.7 Å². The van der Waals surface area contributed by atoms with Crippen molar-refractivity contribution in [2.45, 2.75) is 66.3 Å². The van der Waals surface area contributed by atoms with Gasteiger partial charge in [-0.3, -0.25) is 0 Å². The third kappa shape index (κ3) is 77.8. The fourth-order valence-electron chi connectivity index (χ4n) is 0.0833. The molecular formula is C10H23O3Zr. The zero-order chi connectivity index (χ0) is 12.1. The van der Waals surface area contributed by atoms with Crippen LogP contribution in [-0.4, -0.2) is 18.3 Å². The van der Waals surface area contributed by atoms with Crippen molar-refractivity contribution < 1.29 is 38.2 Å². The molecule has 14 heavy (non-hydrogen) atoms. The molecule has 0 aliphatic carbocycles. The fourth-order valence-corrected chi connectivity index (χ4v) is 0.493. The Balaban J connectivity index is -0.000000135. The molecule has 0 bridgehead atoms. The molecule has 0 spiro atoms. The molecule has 0 aliphatic rings. The quantitative estimate of drug-likeness (QED) is 0.752. The second-order valence-electron chi connectivity index (χ2n) is 3.43. The number of hydrogen-bond donors (Lipinski definition) is 0. The molecule has 3 nitrogen and oxygen atoms in total. The van der Waals surface area contributed by atoms with Crippen LogP contribution in [0.15, 0.2) is 0 Å². The van der Waals surface area contributed by atoms with Gasteiger partial charge in [0.2, 0.25) is 0 Å². The second kappa shape index (κ2) is 16.2. The van der Waals surface area contributed by atoms with Crippen LogP contribution in [0.25, 0.3) is 0 Å². The van der Waals surface area contributed by atoms with E-state index in [0.717, 1.165) is 6.42 Å². The van der Waals surface area contributed by atoms with Crippen LogP contribution in [0.4, 0.5) is 0 Å². The van der Waals surface area contributed by atoms with E-state index in [-0.39, 0.29) is 0 Å². The summed E-state index contributed by atoms with van der Waals surface area (Å²) in [7, 11) is 0. The van der Waals surface area contributed by atoms with Crippen LogP contribution in [0.5, 0.6) is 0 Å². The van der Waals surface area contributed by atoms with Crippen LogP contribution in [0.2, 0.25) is 0 Å². The number of hydrogen-bond acceptors (Lipinski definition) is 3. The van der Waals surface area contributed by atoms with Gasteiger partial charge in [-0.15, -0.1) is 12.2 Å². The van der Waals surface area contributed by atoms with Gasteiger partial charge >= 0.3 is 54.3 Å². The molecule has 0 amide bonds. The molecule has 0 aromatic carbocycles. The maximum absolute atomic E-state index is 9.53. The third-order valence-electron chi connectivity index (χ3n) is 0.776. The van der Waals surface area contributed by atoms with Gasteiger partial charge in [-0.25, -0.2) is 0 Å². The first-order chi connectivity index (χ1) is 6.27. The molecule has 0 heterocycles. The molecule has 0 fully saturated rings. The van der Waals surface area contributed by atoms with E-state index in [0.29, 0.717) is 6.10 Å². The van der Waals surface area contributed by atoms with Crippen LogP contribution in [0.1, 0.15) is 48.0 Å². The first-order valence-corrected chi connectivity index (χ1v) is 5.92. The molecular weight excluding hydrogens is 259 g/mol. The van der Waals surface area contributed by atoms with Gasteiger partial charge in [0.15, 0.2) is 0 Å². The summed E-state index contributed by atoms with van der Waals surface area (Å²) in [5.74, 6) is 0. The molecule has 0 aromatic rings. The molecule has 0 saturated carbocycles. The Kier molecular flexibility index (Phi) is 23.4. The van der Waals surface area contributed by atoms with Crippen LogP contribution in [0.3, 0.4) is 0 Å². The van der Waals surface area contributed by atoms with Crippen LogP contribution in [0, 0.1) is 0 Å². The molecule has 4 heteroatoms. The van der Waals surface area contributed by atoms with Crippen molar-refractivity contribution in [3.63, 3.8) is 0 Å². The molecule has 1 atom stereocenters. The summed E-state index contributed by atoms with van der Waals surface area (Å²) in [6.45, 7) is 10.6. The average molecular weight is 283 g/mol. The monoisotopic (exact) mass is 281 g/mol. The average Bonchev–Trinajstić information content (AvgIpc) is 2.01. The first kappa shape index (κ1) is 20.2. The molecule has 0 rings (SSSR count). The van der Waals surface area contributed by atoms with E-state index in [2.05, 4.69) is 13.8 Å². The standard InChI is InChI=1S/C4H9O.2C3H7O.Zr/c1-3-4(2)5;2*1-3(2)4;/h4H,3H2,1-2H3;2*3H,1-2H3;/q3*-1;+3. The molecule has 0 saturated heterocycles. The van der Waals surface area contributed by atoms with E-state index >= 15 is 0 Å². The predicted molar refractivity (Wildman–Crippen MR) is 51.1 cm³/mol. The summed E-state index contributed by atoms with van der Waals surface area (Å²) >= 11 is 1.18. The van der Waals surface area contributed by atoms with E-state index < -0.39 is 12.2 Å². The minimum atomic E-state index is -0.417. The summed E-state index contributed by atoms with van der Waals surface area (Å²) in [5.41, 5.74) is 0. The van der Waals surface area contributed by atoms with Crippen molar-refractivity contribution in [2.75, 3.05) is 0 Å². The summed E-state index contributed by atoms with van der Waals surface area (Å²) in [4.78, 5) is 0. The van der Waals surface area contributed by atoms with E-state index in [1.165, 1.54) is 25.2 Å². The van der Waals surface area contributed by atoms with Crippen molar-refractivity contribution in [3.05, 3.63) is 0 Å². The molecule has 0 N–H and O–H groups in total. The molecule has 1 unspecified atom stereocenters. The Labute approximate surface area is 104 Å². The SMILES string of the molecule is CC(C)[O-].CC(C)[O-].CCC(C)[O][Zr+2]. The van der Waals surface area contributed by atoms with Crippen molar-refractivity contribution in [1.29, 1.82) is 0 Å². The van der Waals surface area contributed by atoms with Gasteiger partial charge in [0.25, 0.3) is 0 Å². The van der Waals surface area contributed by atoms with Gasteiger partial charge in [0.1, 0.15) is 0 Å². The fraction of sp³-hybridized carbons (Fsp3) is 1.00. The van der Waals surface area contributed by atoms with Crippen LogP contribution in [-0.2, 0) is 28.0 Å². The number of rotatable bonds is 2. The first-order valence-electron chi connectivity index (χ1n) is 4.91. The van der Waals surface area contributed by atoms with Gasteiger partial charge in [-0.1, -0.05) is 27.7 Å². The van der Waals surface area contributed by atoms with Crippen LogP contribution < -0.4 is 10.2 Å². The van der Waals surface area contributed by atoms with Gasteiger partial charge < -0.3 is 10.2 Å². The van der Waals surface area contributed by atoms with E-state index in [1.807, 2.05) is 0 Å². The van der Waals surface area contributed by atoms with E-state index in [9.17, 15) is 10.2 Å². The van der Waals surface area contributed by atoms with Gasteiger partial charge in [0.05, 0.1) is 0 Å². The summed E-state index contributed by atoms with van der Waals surface area (Å²) in [6, 6.07) is 0. The Morgan fingerprint density at radius 1 is 1.00 bits per heavy atom. The zero-order valence-electron chi connectivity index (χ0n) is 10.2. The zero-order valence-corrected chi connectivity index (χ0v) is 12.6. The van der Waals surface area contributed by atoms with Crippen molar-refractivity contribution in [2.24, 2.45) is 0 Å². The van der Waals surface area contributed by atoms with E-state index in [4.69, 9.17) is 2.81 Å². The van der Waals surface area contributed by atoms with Crippen LogP contribution >= 0.6 is 0 Å². The minimum absolute atomic E-state index is 0.417. The molecule has 0 radical (unpaired) electrons. The second-order valence-corrected chi connectivity index (χ2v) is 4.01. The van der Waals surface area contributed by atoms with Crippen molar-refractivity contribution in [1.82, 2.24) is 0 Å². The van der Waals surface area contributed by atoms with Crippen molar-refractivity contribution >= 4 is 0 Å². The third-order valence-corrected chi connectivity index (χ3v) is 1.77. The van der Waals surface area contributed by atoms with Gasteiger partial charge in [-0.2, -0.15) is 0 Å². The summed E-state index contributed by atoms with van der Waals surface area (Å²) < 4.78 is 4.99. The molecule has 0 aliphatic heterocycles. The Morgan fingerprint density at radius 3 is 1.21 bits per heavy atom. The maximum atomic E-state index is 9.53. The predicted octanol–water partition coefficient (Wildman–Crippen LogP) is 0.773. The summed E-state index contributed by atoms with van der Waals surface area (Å²) in [6.07, 6.45) is 0.772. The van der Waals surface area contributed by atoms with Gasteiger partial charge in [-0.05, 0) is 0 Å². The Hall–Kier alpha value is 0.763. The van der Waals surface area contributed by atoms with Gasteiger partial charge in [0, 0.05) is 0 Å². The summed E-state index contributed by atoms with van der Waals surface area (Å²) in [5, 5.41) is 19.1. The topological polar surface area (TPSA) is 55.3 Å². The Bertz CT molecular complexity index is 71.9. The Morgan fingerprint density at radius 2 is 1.21 bits per heavy atom. The molecule has 0 aromatic heterocycles.